The SMILES string of the molecule is N#Cc1ccc(-c2ccc(Cl)cc2)nc1S[C@@H](C(=O)O)c1ccccc1. The number of hydrogen-bond acceptors (Lipinski definition) is 4. The number of halogens is 1. The van der Waals surface area contributed by atoms with Crippen LogP contribution in [0.2, 0.25) is 5.02 Å². The summed E-state index contributed by atoms with van der Waals surface area (Å²) < 4.78 is 0. The first-order valence-electron chi connectivity index (χ1n) is 7.70. The molecule has 0 saturated heterocycles. The summed E-state index contributed by atoms with van der Waals surface area (Å²) in [5.41, 5.74) is 2.48. The summed E-state index contributed by atoms with van der Waals surface area (Å²) in [7, 11) is 0. The predicted molar refractivity (Wildman–Crippen MR) is 102 cm³/mol. The van der Waals surface area contributed by atoms with E-state index < -0.39 is 11.2 Å². The average Bonchev–Trinajstić information content (AvgIpc) is 2.67. The third kappa shape index (κ3) is 4.05. The van der Waals surface area contributed by atoms with Crippen LogP contribution in [0.25, 0.3) is 11.3 Å². The zero-order valence-corrected chi connectivity index (χ0v) is 15.0. The molecule has 4 nitrogen and oxygen atoms in total. The summed E-state index contributed by atoms with van der Waals surface area (Å²) in [5, 5.41) is 19.1. The van der Waals surface area contributed by atoms with E-state index in [4.69, 9.17) is 11.6 Å². The summed E-state index contributed by atoms with van der Waals surface area (Å²) in [5.74, 6) is -0.983. The number of rotatable bonds is 5. The number of nitrogens with zero attached hydrogens (tertiary/aromatic N) is 2. The highest BCUT2D eigenvalue weighted by Gasteiger charge is 2.23. The topological polar surface area (TPSA) is 74.0 Å². The van der Waals surface area contributed by atoms with Crippen LogP contribution in [0, 0.1) is 11.3 Å². The highest BCUT2D eigenvalue weighted by atomic mass is 35.5. The number of benzene rings is 2. The zero-order valence-electron chi connectivity index (χ0n) is 13.5. The standard InChI is InChI=1S/C20H13ClN2O2S/c21-16-9-6-13(7-10-16)17-11-8-15(12-22)19(23-17)26-18(20(24)25)14-4-2-1-3-5-14/h1-11,18H,(H,24,25)/t18-/m1/s1. The number of carboxylic acids is 1. The molecule has 2 aromatic carbocycles. The maximum absolute atomic E-state index is 11.8. The molecule has 26 heavy (non-hydrogen) atoms. The van der Waals surface area contributed by atoms with Crippen LogP contribution in [-0.4, -0.2) is 16.1 Å². The van der Waals surface area contributed by atoms with Gasteiger partial charge in [-0.25, -0.2) is 4.98 Å². The lowest BCUT2D eigenvalue weighted by Crippen LogP contribution is -2.08. The quantitative estimate of drug-likeness (QED) is 0.616. The number of aliphatic carboxylic acids is 1. The van der Waals surface area contributed by atoms with E-state index in [0.717, 1.165) is 17.3 Å². The number of aromatic nitrogens is 1. The van der Waals surface area contributed by atoms with Crippen molar-refractivity contribution >= 4 is 29.3 Å². The Balaban J connectivity index is 2.00. The first kappa shape index (κ1) is 18.0. The van der Waals surface area contributed by atoms with Gasteiger partial charge < -0.3 is 5.11 Å². The van der Waals surface area contributed by atoms with Gasteiger partial charge in [0.25, 0.3) is 0 Å². The number of pyridine rings is 1. The number of hydrogen-bond donors (Lipinski definition) is 1. The van der Waals surface area contributed by atoms with Gasteiger partial charge in [-0.05, 0) is 29.8 Å². The predicted octanol–water partition coefficient (Wildman–Crippen LogP) is 5.19. The smallest absolute Gasteiger partial charge is 0.321 e. The number of carbonyl (C=O) groups is 1. The lowest BCUT2D eigenvalue weighted by Gasteiger charge is -2.13. The van der Waals surface area contributed by atoms with Gasteiger partial charge in [0, 0.05) is 10.6 Å². The molecule has 3 aromatic rings. The van der Waals surface area contributed by atoms with Crippen molar-refractivity contribution in [2.24, 2.45) is 0 Å². The van der Waals surface area contributed by atoms with E-state index in [9.17, 15) is 15.2 Å². The second-order valence-corrected chi connectivity index (χ2v) is 6.94. The van der Waals surface area contributed by atoms with Gasteiger partial charge >= 0.3 is 5.97 Å². The van der Waals surface area contributed by atoms with Crippen molar-refractivity contribution in [3.8, 4) is 17.3 Å². The second-order valence-electron chi connectivity index (χ2n) is 5.41. The summed E-state index contributed by atoms with van der Waals surface area (Å²) in [4.78, 5) is 16.3. The van der Waals surface area contributed by atoms with Crippen molar-refractivity contribution in [2.75, 3.05) is 0 Å². The van der Waals surface area contributed by atoms with Gasteiger partial charge in [0.15, 0.2) is 0 Å². The monoisotopic (exact) mass is 380 g/mol. The van der Waals surface area contributed by atoms with Crippen LogP contribution in [-0.2, 0) is 4.79 Å². The van der Waals surface area contributed by atoms with Crippen LogP contribution in [0.1, 0.15) is 16.4 Å². The molecule has 3 rings (SSSR count). The molecule has 0 aliphatic carbocycles. The van der Waals surface area contributed by atoms with Crippen molar-refractivity contribution < 1.29 is 9.90 Å². The Morgan fingerprint density at radius 1 is 1.08 bits per heavy atom. The Morgan fingerprint density at radius 3 is 2.38 bits per heavy atom. The van der Waals surface area contributed by atoms with Crippen LogP contribution in [0.4, 0.5) is 0 Å². The molecule has 0 spiro atoms. The van der Waals surface area contributed by atoms with Crippen molar-refractivity contribution in [3.05, 3.63) is 82.9 Å². The number of carboxylic acid groups (broad SMARTS) is 1. The molecule has 0 saturated carbocycles. The zero-order chi connectivity index (χ0) is 18.5. The maximum Gasteiger partial charge on any atom is 0.321 e. The molecule has 0 fully saturated rings. The normalized spacial score (nSPS) is 11.5. The van der Waals surface area contributed by atoms with Crippen LogP contribution in [0.5, 0.6) is 0 Å². The molecule has 0 aliphatic heterocycles. The van der Waals surface area contributed by atoms with Gasteiger partial charge in [-0.15, -0.1) is 0 Å². The minimum absolute atomic E-state index is 0.342. The van der Waals surface area contributed by atoms with Gasteiger partial charge in [0.1, 0.15) is 16.3 Å². The molecule has 0 unspecified atom stereocenters. The molecule has 6 heteroatoms. The molecule has 0 aliphatic rings. The maximum atomic E-state index is 11.8. The summed E-state index contributed by atoms with van der Waals surface area (Å²) in [6.45, 7) is 0. The highest BCUT2D eigenvalue weighted by Crippen LogP contribution is 2.37. The van der Waals surface area contributed by atoms with Gasteiger partial charge in [0.05, 0.1) is 11.3 Å². The van der Waals surface area contributed by atoms with Crippen LogP contribution in [0.15, 0.2) is 71.8 Å². The summed E-state index contributed by atoms with van der Waals surface area (Å²) in [6.07, 6.45) is 0. The van der Waals surface area contributed by atoms with Crippen molar-refractivity contribution in [3.63, 3.8) is 0 Å². The van der Waals surface area contributed by atoms with Crippen LogP contribution in [0.3, 0.4) is 0 Å². The molecule has 0 radical (unpaired) electrons. The lowest BCUT2D eigenvalue weighted by molar-refractivity contribution is -0.136. The highest BCUT2D eigenvalue weighted by molar-refractivity contribution is 8.00. The molecular weight excluding hydrogens is 368 g/mol. The van der Waals surface area contributed by atoms with Gasteiger partial charge in [-0.3, -0.25) is 4.79 Å². The molecule has 1 N–H and O–H groups in total. The van der Waals surface area contributed by atoms with Crippen molar-refractivity contribution in [2.45, 2.75) is 10.3 Å². The Morgan fingerprint density at radius 2 is 1.77 bits per heavy atom. The van der Waals surface area contributed by atoms with E-state index >= 15 is 0 Å². The van der Waals surface area contributed by atoms with Gasteiger partial charge in [-0.2, -0.15) is 5.26 Å². The Bertz CT molecular complexity index is 969. The first-order chi connectivity index (χ1) is 12.6. The average molecular weight is 381 g/mol. The minimum Gasteiger partial charge on any atom is -0.480 e. The first-order valence-corrected chi connectivity index (χ1v) is 8.96. The fraction of sp³-hybridized carbons (Fsp3) is 0.0500. The van der Waals surface area contributed by atoms with E-state index in [1.54, 1.807) is 48.5 Å². The van der Waals surface area contributed by atoms with Gasteiger partial charge in [-0.1, -0.05) is 65.8 Å². The molecule has 1 heterocycles. The van der Waals surface area contributed by atoms with E-state index in [1.165, 1.54) is 0 Å². The Hall–Kier alpha value is -2.81. The third-order valence-corrected chi connectivity index (χ3v) is 5.17. The summed E-state index contributed by atoms with van der Waals surface area (Å²) >= 11 is 6.97. The van der Waals surface area contributed by atoms with E-state index in [0.29, 0.717) is 26.9 Å². The summed E-state index contributed by atoms with van der Waals surface area (Å²) in [6, 6.07) is 21.6. The number of thioether (sulfide) groups is 1. The fourth-order valence-electron chi connectivity index (χ4n) is 2.40. The lowest BCUT2D eigenvalue weighted by atomic mass is 10.1. The second kappa shape index (κ2) is 8.05. The van der Waals surface area contributed by atoms with Crippen LogP contribution >= 0.6 is 23.4 Å². The van der Waals surface area contributed by atoms with Crippen LogP contribution < -0.4 is 0 Å². The molecule has 128 valence electrons. The molecular formula is C20H13ClN2O2S. The largest absolute Gasteiger partial charge is 0.480 e. The fourth-order valence-corrected chi connectivity index (χ4v) is 3.53. The van der Waals surface area contributed by atoms with E-state index in [-0.39, 0.29) is 0 Å². The van der Waals surface area contributed by atoms with Crippen molar-refractivity contribution in [1.29, 1.82) is 5.26 Å². The Kier molecular flexibility index (Phi) is 5.57. The van der Waals surface area contributed by atoms with Gasteiger partial charge in [0.2, 0.25) is 0 Å². The van der Waals surface area contributed by atoms with E-state index in [2.05, 4.69) is 11.1 Å². The van der Waals surface area contributed by atoms with Crippen molar-refractivity contribution in [1.82, 2.24) is 4.98 Å². The Labute approximate surface area is 160 Å². The molecule has 0 bridgehead atoms. The molecule has 0 amide bonds. The molecule has 1 atom stereocenters. The minimum atomic E-state index is -0.983. The van der Waals surface area contributed by atoms with E-state index in [1.807, 2.05) is 18.2 Å². The third-order valence-electron chi connectivity index (χ3n) is 3.68. The molecule has 1 aromatic heterocycles. The number of nitriles is 1.